The fourth-order valence-corrected chi connectivity index (χ4v) is 5.25. The molecule has 0 saturated carbocycles. The van der Waals surface area contributed by atoms with Gasteiger partial charge in [0.15, 0.2) is 0 Å². The zero-order valence-corrected chi connectivity index (χ0v) is 21.9. The minimum Gasteiger partial charge on any atom is -0.603 e. The molecule has 2 aromatic rings. The van der Waals surface area contributed by atoms with Crippen molar-refractivity contribution in [1.29, 1.82) is 0 Å². The fourth-order valence-electron chi connectivity index (χ4n) is 3.62. The minimum absolute atomic E-state index is 0.0383. The molecule has 1 atom stereocenters. The molecule has 1 aliphatic heterocycles. The van der Waals surface area contributed by atoms with Gasteiger partial charge in [0.1, 0.15) is 18.0 Å². The van der Waals surface area contributed by atoms with Gasteiger partial charge in [-0.15, -0.1) is 0 Å². The predicted octanol–water partition coefficient (Wildman–Crippen LogP) is 3.72. The number of hydrogen-bond acceptors (Lipinski definition) is 9. The molecule has 2 aromatic carbocycles. The Hall–Kier alpha value is -3.46. The van der Waals surface area contributed by atoms with E-state index in [9.17, 15) is 28.3 Å². The lowest BCUT2D eigenvalue weighted by atomic mass is 10.1. The van der Waals surface area contributed by atoms with Gasteiger partial charge in [-0.1, -0.05) is 29.8 Å². The maximum Gasteiger partial charge on any atom is 0.424 e. The molecule has 200 valence electrons. The highest BCUT2D eigenvalue weighted by molar-refractivity contribution is 7.89. The fraction of sp³-hybridized carbons (Fsp3) is 0.364. The van der Waals surface area contributed by atoms with Gasteiger partial charge in [-0.2, -0.15) is 4.31 Å². The van der Waals surface area contributed by atoms with Gasteiger partial charge in [0.25, 0.3) is 15.9 Å². The first-order valence-electron chi connectivity index (χ1n) is 11.3. The summed E-state index contributed by atoms with van der Waals surface area (Å²) >= 11 is 6.09. The van der Waals surface area contributed by atoms with Gasteiger partial charge in [-0.25, -0.2) is 18.0 Å². The molecule has 37 heavy (non-hydrogen) atoms. The number of sulfonamides is 1. The number of quaternary nitrogens is 1. The molecule has 2 amide bonds. The SMILES string of the molecule is CC[N+]([O-])(CC)/N=N\OCN(C(=O)O)S(=O)(=O)c1cc(C(=O)NN2c3ccccc3CC2C)ccc1Cl. The van der Waals surface area contributed by atoms with Crippen LogP contribution in [0.4, 0.5) is 10.5 Å². The second kappa shape index (κ2) is 11.3. The van der Waals surface area contributed by atoms with E-state index in [0.29, 0.717) is 6.42 Å². The maximum absolute atomic E-state index is 13.1. The molecule has 0 aliphatic carbocycles. The third-order valence-corrected chi connectivity index (χ3v) is 8.00. The van der Waals surface area contributed by atoms with Crippen LogP contribution in [0.2, 0.25) is 5.02 Å². The molecule has 1 unspecified atom stereocenters. The van der Waals surface area contributed by atoms with Crippen molar-refractivity contribution in [3.8, 4) is 0 Å². The molecule has 15 heteroatoms. The summed E-state index contributed by atoms with van der Waals surface area (Å²) in [6.07, 6.45) is -1.18. The van der Waals surface area contributed by atoms with Crippen molar-refractivity contribution in [3.63, 3.8) is 0 Å². The van der Waals surface area contributed by atoms with Crippen molar-refractivity contribution in [2.75, 3.05) is 24.8 Å². The van der Waals surface area contributed by atoms with E-state index >= 15 is 0 Å². The normalized spacial score (nSPS) is 15.5. The average Bonchev–Trinajstić information content (AvgIpc) is 3.18. The number of rotatable bonds is 10. The van der Waals surface area contributed by atoms with Crippen LogP contribution in [-0.2, 0) is 21.3 Å². The first kappa shape index (κ1) is 28.1. The Bertz CT molecular complexity index is 1300. The number of hydrazine groups is 1. The van der Waals surface area contributed by atoms with E-state index in [1.54, 1.807) is 18.9 Å². The van der Waals surface area contributed by atoms with E-state index < -0.39 is 38.4 Å². The van der Waals surface area contributed by atoms with Gasteiger partial charge < -0.3 is 15.2 Å². The van der Waals surface area contributed by atoms with E-state index in [4.69, 9.17) is 16.4 Å². The Labute approximate surface area is 219 Å². The van der Waals surface area contributed by atoms with Gasteiger partial charge >= 0.3 is 6.09 Å². The van der Waals surface area contributed by atoms with Gasteiger partial charge in [0.05, 0.1) is 27.3 Å². The number of fused-ring (bicyclic) bond motifs is 1. The van der Waals surface area contributed by atoms with Crippen molar-refractivity contribution in [2.45, 2.75) is 38.1 Å². The number of benzene rings is 2. The number of hydrogen-bond donors (Lipinski definition) is 2. The van der Waals surface area contributed by atoms with Crippen LogP contribution in [0.15, 0.2) is 57.9 Å². The zero-order chi connectivity index (χ0) is 27.4. The second-order valence-corrected chi connectivity index (χ2v) is 10.4. The van der Waals surface area contributed by atoms with Crippen molar-refractivity contribution < 1.29 is 32.7 Å². The van der Waals surface area contributed by atoms with E-state index in [1.165, 1.54) is 12.1 Å². The zero-order valence-electron chi connectivity index (χ0n) is 20.4. The van der Waals surface area contributed by atoms with Crippen molar-refractivity contribution in [3.05, 3.63) is 63.8 Å². The summed E-state index contributed by atoms with van der Waals surface area (Å²) in [4.78, 5) is 28.8. The number of nitrogens with zero attached hydrogens (tertiary/aromatic N) is 5. The third kappa shape index (κ3) is 6.10. The Kier molecular flexibility index (Phi) is 8.58. The van der Waals surface area contributed by atoms with Crippen LogP contribution in [0.1, 0.15) is 36.7 Å². The summed E-state index contributed by atoms with van der Waals surface area (Å²) in [6.45, 7) is 4.04. The predicted molar refractivity (Wildman–Crippen MR) is 134 cm³/mol. The highest BCUT2D eigenvalue weighted by atomic mass is 35.5. The molecule has 0 spiro atoms. The molecule has 1 heterocycles. The number of halogens is 1. The maximum atomic E-state index is 13.1. The van der Waals surface area contributed by atoms with E-state index in [0.717, 1.165) is 17.3 Å². The number of hydroxylamine groups is 2. The lowest BCUT2D eigenvalue weighted by molar-refractivity contribution is -0.890. The average molecular weight is 555 g/mol. The third-order valence-electron chi connectivity index (χ3n) is 5.82. The molecule has 0 bridgehead atoms. The Balaban J connectivity index is 1.83. The molecule has 0 aromatic heterocycles. The molecule has 0 fully saturated rings. The number of amides is 2. The summed E-state index contributed by atoms with van der Waals surface area (Å²) in [5.74, 6) is -0.618. The molecule has 3 rings (SSSR count). The van der Waals surface area contributed by atoms with Crippen LogP contribution in [-0.4, -0.2) is 60.4 Å². The van der Waals surface area contributed by atoms with Crippen molar-refractivity contribution in [1.82, 2.24) is 9.73 Å². The highest BCUT2D eigenvalue weighted by Gasteiger charge is 2.33. The Morgan fingerprint density at radius 2 is 1.95 bits per heavy atom. The molecular weight excluding hydrogens is 528 g/mol. The largest absolute Gasteiger partial charge is 0.603 e. The molecule has 13 nitrogen and oxygen atoms in total. The van der Waals surface area contributed by atoms with Crippen LogP contribution < -0.4 is 10.4 Å². The molecular formula is C22H27ClN6O7S. The highest BCUT2D eigenvalue weighted by Crippen LogP contribution is 2.31. The number of carboxylic acid groups (broad SMARTS) is 1. The first-order chi connectivity index (χ1) is 17.4. The molecule has 1 aliphatic rings. The molecule has 0 radical (unpaired) electrons. The summed E-state index contributed by atoms with van der Waals surface area (Å²) in [7, 11) is -4.80. The topological polar surface area (TPSA) is 164 Å². The standard InChI is InChI=1S/C22H27ClN6O7S/c1-4-29(33,5-2)25-26-36-14-27(22(31)32)37(34,35)20-13-17(10-11-18(20)23)21(30)24-28-15(3)12-16-8-6-7-9-19(16)28/h6-11,13,15H,4-5,12,14H2,1-3H3,(H,24,30)(H,31,32)/b26-25-. The lowest BCUT2D eigenvalue weighted by Gasteiger charge is -2.30. The quantitative estimate of drug-likeness (QED) is 0.194. The number of carbonyl (C=O) groups excluding carboxylic acids is 1. The van der Waals surface area contributed by atoms with E-state index in [2.05, 4.69) is 15.9 Å². The van der Waals surface area contributed by atoms with Gasteiger partial charge in [0, 0.05) is 5.56 Å². The van der Waals surface area contributed by atoms with E-state index in [1.807, 2.05) is 31.2 Å². The van der Waals surface area contributed by atoms with Crippen molar-refractivity contribution in [2.24, 2.45) is 10.5 Å². The van der Waals surface area contributed by atoms with Crippen LogP contribution in [0.25, 0.3) is 0 Å². The monoisotopic (exact) mass is 554 g/mol. The van der Waals surface area contributed by atoms with Crippen LogP contribution in [0.3, 0.4) is 0 Å². The Morgan fingerprint density at radius 3 is 2.59 bits per heavy atom. The number of nitrogens with one attached hydrogen (secondary N) is 1. The van der Waals surface area contributed by atoms with Crippen LogP contribution in [0.5, 0.6) is 0 Å². The van der Waals surface area contributed by atoms with E-state index in [-0.39, 0.29) is 34.0 Å². The first-order valence-corrected chi connectivity index (χ1v) is 13.1. The summed E-state index contributed by atoms with van der Waals surface area (Å²) in [5, 5.41) is 29.5. The lowest BCUT2D eigenvalue weighted by Crippen LogP contribution is -2.45. The smallest absolute Gasteiger partial charge is 0.424 e. The second-order valence-electron chi connectivity index (χ2n) is 8.18. The summed E-state index contributed by atoms with van der Waals surface area (Å²) in [6, 6.07) is 11.0. The van der Waals surface area contributed by atoms with Gasteiger partial charge in [0.2, 0.25) is 6.73 Å². The number of carbonyl (C=O) groups is 2. The minimum atomic E-state index is -4.80. The Morgan fingerprint density at radius 1 is 1.27 bits per heavy atom. The molecule has 0 saturated heterocycles. The summed E-state index contributed by atoms with van der Waals surface area (Å²) in [5.41, 5.74) is 4.57. The van der Waals surface area contributed by atoms with Crippen LogP contribution in [0, 0.1) is 5.21 Å². The van der Waals surface area contributed by atoms with Crippen molar-refractivity contribution >= 4 is 39.3 Å². The number of para-hydroxylation sites is 1. The molecule has 2 N–H and O–H groups in total. The van der Waals surface area contributed by atoms with Gasteiger partial charge in [-0.05, 0) is 57.0 Å². The number of anilines is 1. The van der Waals surface area contributed by atoms with Crippen LogP contribution >= 0.6 is 11.6 Å². The summed E-state index contributed by atoms with van der Waals surface area (Å²) < 4.78 is 25.1. The van der Waals surface area contributed by atoms with Gasteiger partial charge in [-0.3, -0.25) is 15.2 Å².